The highest BCUT2D eigenvalue weighted by atomic mass is 16.4. The highest BCUT2D eigenvalue weighted by Crippen LogP contribution is 2.21. The van der Waals surface area contributed by atoms with Crippen molar-refractivity contribution < 1.29 is 9.90 Å². The standard InChI is InChI=1S/C13H21N3O2/c1-8(2)10(9(3)4)7-16-12-11(13(17)18)14-5-6-15-12/h5-6,8-10H,7H2,1-4H3,(H,15,16)(H,17,18). The molecule has 1 rings (SSSR count). The fourth-order valence-electron chi connectivity index (χ4n) is 2.08. The lowest BCUT2D eigenvalue weighted by Gasteiger charge is -2.25. The van der Waals surface area contributed by atoms with Gasteiger partial charge in [0.15, 0.2) is 11.5 Å². The second-order valence-corrected chi connectivity index (χ2v) is 5.09. The number of hydrogen-bond donors (Lipinski definition) is 2. The average Bonchev–Trinajstić information content (AvgIpc) is 2.28. The summed E-state index contributed by atoms with van der Waals surface area (Å²) in [6.45, 7) is 9.37. The molecular weight excluding hydrogens is 230 g/mol. The molecule has 1 aromatic rings. The molecule has 100 valence electrons. The van der Waals surface area contributed by atoms with Gasteiger partial charge < -0.3 is 10.4 Å². The van der Waals surface area contributed by atoms with Crippen LogP contribution < -0.4 is 5.32 Å². The number of carboxylic acid groups (broad SMARTS) is 1. The smallest absolute Gasteiger partial charge is 0.358 e. The maximum absolute atomic E-state index is 11.0. The molecule has 1 aromatic heterocycles. The summed E-state index contributed by atoms with van der Waals surface area (Å²) < 4.78 is 0. The van der Waals surface area contributed by atoms with E-state index in [0.29, 0.717) is 30.1 Å². The molecule has 0 aromatic carbocycles. The van der Waals surface area contributed by atoms with Gasteiger partial charge in [-0.05, 0) is 17.8 Å². The summed E-state index contributed by atoms with van der Waals surface area (Å²) in [4.78, 5) is 18.8. The highest BCUT2D eigenvalue weighted by Gasteiger charge is 2.19. The molecule has 0 atom stereocenters. The predicted molar refractivity (Wildman–Crippen MR) is 70.6 cm³/mol. The predicted octanol–water partition coefficient (Wildman–Crippen LogP) is 2.51. The van der Waals surface area contributed by atoms with Gasteiger partial charge in [-0.25, -0.2) is 14.8 Å². The van der Waals surface area contributed by atoms with E-state index in [-0.39, 0.29) is 5.69 Å². The molecule has 0 saturated carbocycles. The van der Waals surface area contributed by atoms with E-state index >= 15 is 0 Å². The van der Waals surface area contributed by atoms with E-state index in [9.17, 15) is 4.79 Å². The van der Waals surface area contributed by atoms with Crippen molar-refractivity contribution in [3.63, 3.8) is 0 Å². The Bertz CT molecular complexity index is 397. The largest absolute Gasteiger partial charge is 0.476 e. The number of nitrogens with one attached hydrogen (secondary N) is 1. The lowest BCUT2D eigenvalue weighted by Crippen LogP contribution is -2.25. The number of carbonyl (C=O) groups is 1. The Hall–Kier alpha value is -1.65. The van der Waals surface area contributed by atoms with Gasteiger partial charge in [-0.15, -0.1) is 0 Å². The molecule has 0 saturated heterocycles. The van der Waals surface area contributed by atoms with E-state index in [4.69, 9.17) is 5.11 Å². The summed E-state index contributed by atoms with van der Waals surface area (Å²) in [6, 6.07) is 0. The van der Waals surface area contributed by atoms with Crippen LogP contribution in [0, 0.1) is 17.8 Å². The van der Waals surface area contributed by atoms with E-state index in [0.717, 1.165) is 0 Å². The molecule has 0 aliphatic carbocycles. The van der Waals surface area contributed by atoms with Gasteiger partial charge >= 0.3 is 5.97 Å². The maximum atomic E-state index is 11.0. The molecule has 0 radical (unpaired) electrons. The molecule has 18 heavy (non-hydrogen) atoms. The van der Waals surface area contributed by atoms with E-state index in [2.05, 4.69) is 43.0 Å². The fourth-order valence-corrected chi connectivity index (χ4v) is 2.08. The fraction of sp³-hybridized carbons (Fsp3) is 0.615. The van der Waals surface area contributed by atoms with E-state index < -0.39 is 5.97 Å². The Balaban J connectivity index is 2.76. The van der Waals surface area contributed by atoms with Crippen LogP contribution in [0.3, 0.4) is 0 Å². The van der Waals surface area contributed by atoms with Crippen molar-refractivity contribution in [2.75, 3.05) is 11.9 Å². The first kappa shape index (κ1) is 14.4. The molecule has 5 heteroatoms. The number of rotatable bonds is 6. The molecule has 0 bridgehead atoms. The minimum atomic E-state index is -1.06. The molecule has 0 aliphatic heterocycles. The van der Waals surface area contributed by atoms with Crippen molar-refractivity contribution in [2.45, 2.75) is 27.7 Å². The Morgan fingerprint density at radius 2 is 1.78 bits per heavy atom. The molecular formula is C13H21N3O2. The zero-order valence-corrected chi connectivity index (χ0v) is 11.3. The van der Waals surface area contributed by atoms with E-state index in [1.165, 1.54) is 12.4 Å². The van der Waals surface area contributed by atoms with Crippen LogP contribution in [0.2, 0.25) is 0 Å². The molecule has 1 heterocycles. The van der Waals surface area contributed by atoms with Gasteiger partial charge in [0.25, 0.3) is 0 Å². The van der Waals surface area contributed by atoms with Crippen molar-refractivity contribution >= 4 is 11.8 Å². The van der Waals surface area contributed by atoms with E-state index in [1.807, 2.05) is 0 Å². The molecule has 2 N–H and O–H groups in total. The summed E-state index contributed by atoms with van der Waals surface area (Å²) in [6.07, 6.45) is 2.88. The van der Waals surface area contributed by atoms with Gasteiger partial charge in [0.2, 0.25) is 0 Å². The normalized spacial score (nSPS) is 11.3. The van der Waals surface area contributed by atoms with Gasteiger partial charge in [0, 0.05) is 18.9 Å². The van der Waals surface area contributed by atoms with Crippen molar-refractivity contribution in [1.29, 1.82) is 0 Å². The topological polar surface area (TPSA) is 75.1 Å². The molecule has 5 nitrogen and oxygen atoms in total. The Morgan fingerprint density at radius 3 is 2.28 bits per heavy atom. The van der Waals surface area contributed by atoms with E-state index in [1.54, 1.807) is 0 Å². The van der Waals surface area contributed by atoms with Crippen molar-refractivity contribution in [3.05, 3.63) is 18.1 Å². The second kappa shape index (κ2) is 6.33. The first-order valence-electron chi connectivity index (χ1n) is 6.21. The third-order valence-corrected chi connectivity index (χ3v) is 3.12. The summed E-state index contributed by atoms with van der Waals surface area (Å²) >= 11 is 0. The zero-order chi connectivity index (χ0) is 13.7. The quantitative estimate of drug-likeness (QED) is 0.812. The summed E-state index contributed by atoms with van der Waals surface area (Å²) in [5.74, 6) is 0.811. The maximum Gasteiger partial charge on any atom is 0.358 e. The van der Waals surface area contributed by atoms with Crippen LogP contribution in [0.15, 0.2) is 12.4 Å². The van der Waals surface area contributed by atoms with Gasteiger partial charge in [0.1, 0.15) is 0 Å². The lowest BCUT2D eigenvalue weighted by molar-refractivity contribution is 0.0691. The Morgan fingerprint density at radius 1 is 1.22 bits per heavy atom. The van der Waals surface area contributed by atoms with Crippen LogP contribution in [-0.2, 0) is 0 Å². The van der Waals surface area contributed by atoms with Crippen LogP contribution >= 0.6 is 0 Å². The minimum Gasteiger partial charge on any atom is -0.476 e. The minimum absolute atomic E-state index is 0.0243. The lowest BCUT2D eigenvalue weighted by atomic mass is 9.85. The summed E-state index contributed by atoms with van der Waals surface area (Å²) in [5.41, 5.74) is -0.0243. The monoisotopic (exact) mass is 251 g/mol. The third kappa shape index (κ3) is 3.68. The number of hydrogen-bond acceptors (Lipinski definition) is 4. The third-order valence-electron chi connectivity index (χ3n) is 3.12. The zero-order valence-electron chi connectivity index (χ0n) is 11.3. The number of nitrogens with zero attached hydrogens (tertiary/aromatic N) is 2. The SMILES string of the molecule is CC(C)C(CNc1nccnc1C(=O)O)C(C)C. The number of aromatic carboxylic acids is 1. The summed E-state index contributed by atoms with van der Waals surface area (Å²) in [5, 5.41) is 12.1. The number of aromatic nitrogens is 2. The van der Waals surface area contributed by atoms with Crippen molar-refractivity contribution in [1.82, 2.24) is 9.97 Å². The van der Waals surface area contributed by atoms with Gasteiger partial charge in [-0.1, -0.05) is 27.7 Å². The molecule has 0 fully saturated rings. The summed E-state index contributed by atoms with van der Waals surface area (Å²) in [7, 11) is 0. The molecule has 0 aliphatic rings. The number of anilines is 1. The Labute approximate surface area is 108 Å². The van der Waals surface area contributed by atoms with Gasteiger partial charge in [-0.2, -0.15) is 0 Å². The second-order valence-electron chi connectivity index (χ2n) is 5.09. The molecule has 0 amide bonds. The van der Waals surface area contributed by atoms with Crippen molar-refractivity contribution in [3.8, 4) is 0 Å². The average molecular weight is 251 g/mol. The van der Waals surface area contributed by atoms with Crippen LogP contribution in [0.25, 0.3) is 0 Å². The van der Waals surface area contributed by atoms with Gasteiger partial charge in [-0.3, -0.25) is 0 Å². The molecule has 0 spiro atoms. The van der Waals surface area contributed by atoms with Crippen LogP contribution in [0.4, 0.5) is 5.82 Å². The van der Waals surface area contributed by atoms with Gasteiger partial charge in [0.05, 0.1) is 0 Å². The first-order chi connectivity index (χ1) is 8.43. The molecule has 0 unspecified atom stereocenters. The van der Waals surface area contributed by atoms with Crippen molar-refractivity contribution in [2.24, 2.45) is 17.8 Å². The van der Waals surface area contributed by atoms with Crippen LogP contribution in [0.5, 0.6) is 0 Å². The van der Waals surface area contributed by atoms with Crippen LogP contribution in [0.1, 0.15) is 38.2 Å². The number of carboxylic acids is 1. The van der Waals surface area contributed by atoms with Crippen LogP contribution in [-0.4, -0.2) is 27.6 Å². The Kier molecular flexibility index (Phi) is 5.07. The first-order valence-corrected chi connectivity index (χ1v) is 6.21. The highest BCUT2D eigenvalue weighted by molar-refractivity contribution is 5.90.